The van der Waals surface area contributed by atoms with Gasteiger partial charge in [0.2, 0.25) is 5.91 Å². The van der Waals surface area contributed by atoms with Gasteiger partial charge in [-0.1, -0.05) is 26.0 Å². The van der Waals surface area contributed by atoms with E-state index in [1.165, 1.54) is 5.56 Å². The number of rotatable bonds is 6. The van der Waals surface area contributed by atoms with Gasteiger partial charge in [-0.15, -0.1) is 0 Å². The van der Waals surface area contributed by atoms with Crippen molar-refractivity contribution in [2.24, 2.45) is 10.9 Å². The van der Waals surface area contributed by atoms with E-state index in [1.54, 1.807) is 13.2 Å². The van der Waals surface area contributed by atoms with Crippen molar-refractivity contribution >= 4 is 11.9 Å². The van der Waals surface area contributed by atoms with Crippen molar-refractivity contribution in [1.82, 2.24) is 25.3 Å². The molecule has 2 aromatic rings. The van der Waals surface area contributed by atoms with Crippen molar-refractivity contribution in [2.75, 3.05) is 26.7 Å². The molecule has 150 valence electrons. The molecule has 7 nitrogen and oxygen atoms in total. The fourth-order valence-corrected chi connectivity index (χ4v) is 3.39. The molecular weight excluding hydrogens is 352 g/mol. The van der Waals surface area contributed by atoms with E-state index < -0.39 is 0 Å². The van der Waals surface area contributed by atoms with E-state index in [1.807, 2.05) is 35.7 Å². The van der Waals surface area contributed by atoms with Crippen molar-refractivity contribution in [3.05, 3.63) is 48.3 Å². The summed E-state index contributed by atoms with van der Waals surface area (Å²) < 4.78 is 1.85. The van der Waals surface area contributed by atoms with Crippen LogP contribution in [0.15, 0.2) is 47.7 Å². The van der Waals surface area contributed by atoms with Gasteiger partial charge in [0.1, 0.15) is 0 Å². The number of carbonyl (C=O) groups is 1. The highest BCUT2D eigenvalue weighted by molar-refractivity contribution is 5.81. The van der Waals surface area contributed by atoms with Crippen LogP contribution in [0, 0.1) is 5.92 Å². The Morgan fingerprint density at radius 2 is 2.11 bits per heavy atom. The number of nitrogens with one attached hydrogen (secondary N) is 2. The van der Waals surface area contributed by atoms with Gasteiger partial charge in [-0.05, 0) is 36.6 Å². The molecule has 1 atom stereocenters. The minimum absolute atomic E-state index is 0.0517. The average Bonchev–Trinajstić information content (AvgIpc) is 3.39. The van der Waals surface area contributed by atoms with Gasteiger partial charge < -0.3 is 15.5 Å². The molecule has 1 saturated heterocycles. The number of likely N-dealkylation sites (tertiary alicyclic amines) is 1. The van der Waals surface area contributed by atoms with E-state index in [-0.39, 0.29) is 17.9 Å². The molecule has 0 radical (unpaired) electrons. The quantitative estimate of drug-likeness (QED) is 0.591. The lowest BCUT2D eigenvalue weighted by Gasteiger charge is -2.20. The molecule has 1 aliphatic heterocycles. The molecule has 1 aliphatic rings. The van der Waals surface area contributed by atoms with Crippen LogP contribution >= 0.6 is 0 Å². The first-order chi connectivity index (χ1) is 13.6. The highest BCUT2D eigenvalue weighted by Gasteiger charge is 2.27. The van der Waals surface area contributed by atoms with E-state index >= 15 is 0 Å². The predicted molar refractivity (Wildman–Crippen MR) is 112 cm³/mol. The van der Waals surface area contributed by atoms with Crippen LogP contribution in [0.5, 0.6) is 0 Å². The summed E-state index contributed by atoms with van der Waals surface area (Å²) in [5.41, 5.74) is 2.31. The van der Waals surface area contributed by atoms with Crippen LogP contribution in [0.4, 0.5) is 0 Å². The van der Waals surface area contributed by atoms with Gasteiger partial charge >= 0.3 is 0 Å². The summed E-state index contributed by atoms with van der Waals surface area (Å²) >= 11 is 0. The lowest BCUT2D eigenvalue weighted by Crippen LogP contribution is -2.45. The monoisotopic (exact) mass is 382 g/mol. The number of hydrogen-bond acceptors (Lipinski definition) is 3. The topological polar surface area (TPSA) is 74.6 Å². The summed E-state index contributed by atoms with van der Waals surface area (Å²) in [6, 6.07) is 10.6. The normalized spacial score (nSPS) is 17.2. The highest BCUT2D eigenvalue weighted by Crippen LogP contribution is 2.13. The van der Waals surface area contributed by atoms with E-state index in [0.29, 0.717) is 0 Å². The van der Waals surface area contributed by atoms with Crippen LogP contribution in [0.25, 0.3) is 5.69 Å². The zero-order chi connectivity index (χ0) is 19.9. The van der Waals surface area contributed by atoms with Crippen molar-refractivity contribution in [1.29, 1.82) is 0 Å². The Kier molecular flexibility index (Phi) is 6.68. The Morgan fingerprint density at radius 1 is 1.32 bits per heavy atom. The second-order valence-electron chi connectivity index (χ2n) is 7.43. The second-order valence-corrected chi connectivity index (χ2v) is 7.43. The maximum absolute atomic E-state index is 12.1. The zero-order valence-corrected chi connectivity index (χ0v) is 16.9. The third-order valence-electron chi connectivity index (χ3n) is 4.97. The molecule has 0 saturated carbocycles. The van der Waals surface area contributed by atoms with Gasteiger partial charge in [-0.25, -0.2) is 4.68 Å². The van der Waals surface area contributed by atoms with Crippen LogP contribution in [0.3, 0.4) is 0 Å². The largest absolute Gasteiger partial charge is 0.356 e. The Bertz CT molecular complexity index is 782. The van der Waals surface area contributed by atoms with Gasteiger partial charge in [0, 0.05) is 51.0 Å². The smallest absolute Gasteiger partial charge is 0.225 e. The molecule has 0 spiro atoms. The third-order valence-corrected chi connectivity index (χ3v) is 4.97. The lowest BCUT2D eigenvalue weighted by atomic mass is 10.1. The zero-order valence-electron chi connectivity index (χ0n) is 16.9. The van der Waals surface area contributed by atoms with Crippen molar-refractivity contribution in [2.45, 2.75) is 32.7 Å². The first kappa shape index (κ1) is 19.9. The van der Waals surface area contributed by atoms with Crippen LogP contribution in [0.1, 0.15) is 25.8 Å². The minimum atomic E-state index is 0.0517. The fraction of sp³-hybridized carbons (Fsp3) is 0.476. The van der Waals surface area contributed by atoms with Gasteiger partial charge in [-0.2, -0.15) is 5.10 Å². The second kappa shape index (κ2) is 9.39. The van der Waals surface area contributed by atoms with E-state index in [9.17, 15) is 4.79 Å². The molecule has 1 fully saturated rings. The van der Waals surface area contributed by atoms with Crippen LogP contribution in [0.2, 0.25) is 0 Å². The van der Waals surface area contributed by atoms with Crippen LogP contribution in [-0.2, 0) is 11.2 Å². The number of carbonyl (C=O) groups excluding carboxylic acids is 1. The van der Waals surface area contributed by atoms with Crippen LogP contribution < -0.4 is 10.6 Å². The molecule has 3 rings (SSSR count). The number of guanidine groups is 1. The Morgan fingerprint density at radius 3 is 2.75 bits per heavy atom. The van der Waals surface area contributed by atoms with Gasteiger partial charge in [0.15, 0.2) is 5.96 Å². The number of aromatic nitrogens is 2. The fourth-order valence-electron chi connectivity index (χ4n) is 3.39. The van der Waals surface area contributed by atoms with Crippen LogP contribution in [-0.4, -0.2) is 59.3 Å². The summed E-state index contributed by atoms with van der Waals surface area (Å²) in [7, 11) is 1.78. The molecule has 0 aliphatic carbocycles. The number of hydrogen-bond donors (Lipinski definition) is 2. The molecule has 1 amide bonds. The molecule has 2 N–H and O–H groups in total. The molecule has 1 aromatic heterocycles. The Balaban J connectivity index is 1.43. The standard InChI is InChI=1S/C21H30N6O/c1-16(2)20(28)26-14-10-18(15-26)25-21(22-3)23-12-9-17-5-7-19(8-6-17)27-13-4-11-24-27/h4-8,11,13,16,18H,9-10,12,14-15H2,1-3H3,(H2,22,23,25). The van der Waals surface area contributed by atoms with E-state index in [0.717, 1.165) is 44.1 Å². The Labute approximate surface area is 166 Å². The maximum atomic E-state index is 12.1. The average molecular weight is 383 g/mol. The lowest BCUT2D eigenvalue weighted by molar-refractivity contribution is -0.133. The molecule has 2 heterocycles. The van der Waals surface area contributed by atoms with E-state index in [4.69, 9.17) is 0 Å². The molecule has 0 bridgehead atoms. The number of nitrogens with zero attached hydrogens (tertiary/aromatic N) is 4. The molecule has 7 heteroatoms. The first-order valence-electron chi connectivity index (χ1n) is 9.91. The van der Waals surface area contributed by atoms with Crippen molar-refractivity contribution in [3.63, 3.8) is 0 Å². The first-order valence-corrected chi connectivity index (χ1v) is 9.91. The summed E-state index contributed by atoms with van der Waals surface area (Å²) in [6.45, 7) is 6.25. The van der Waals surface area contributed by atoms with Gasteiger partial charge in [-0.3, -0.25) is 9.79 Å². The number of benzene rings is 1. The summed E-state index contributed by atoms with van der Waals surface area (Å²) in [5.74, 6) is 1.07. The number of aliphatic imine (C=N–C) groups is 1. The molecule has 1 aromatic carbocycles. The van der Waals surface area contributed by atoms with Crippen molar-refractivity contribution in [3.8, 4) is 5.69 Å². The summed E-state index contributed by atoms with van der Waals surface area (Å²) in [6.07, 6.45) is 5.57. The minimum Gasteiger partial charge on any atom is -0.356 e. The maximum Gasteiger partial charge on any atom is 0.225 e. The van der Waals surface area contributed by atoms with E-state index in [2.05, 4.69) is 45.0 Å². The van der Waals surface area contributed by atoms with Gasteiger partial charge in [0.05, 0.1) is 5.69 Å². The SMILES string of the molecule is CN=C(NCCc1ccc(-n2cccn2)cc1)NC1CCN(C(=O)C(C)C)C1. The predicted octanol–water partition coefficient (Wildman–Crippen LogP) is 1.84. The summed E-state index contributed by atoms with van der Waals surface area (Å²) in [5, 5.41) is 11.1. The molecule has 1 unspecified atom stereocenters. The Hall–Kier alpha value is -2.83. The highest BCUT2D eigenvalue weighted by atomic mass is 16.2. The van der Waals surface area contributed by atoms with Gasteiger partial charge in [0.25, 0.3) is 0 Å². The number of amides is 1. The molecule has 28 heavy (non-hydrogen) atoms. The van der Waals surface area contributed by atoms with Crippen molar-refractivity contribution < 1.29 is 4.79 Å². The third kappa shape index (κ3) is 5.12. The molecular formula is C21H30N6O. The summed E-state index contributed by atoms with van der Waals surface area (Å²) in [4.78, 5) is 18.4.